The van der Waals surface area contributed by atoms with Crippen molar-refractivity contribution in [2.24, 2.45) is 4.99 Å². The van der Waals surface area contributed by atoms with Crippen molar-refractivity contribution in [1.29, 1.82) is 0 Å². The Morgan fingerprint density at radius 1 is 1.33 bits per heavy atom. The van der Waals surface area contributed by atoms with E-state index in [4.69, 9.17) is 26.1 Å². The van der Waals surface area contributed by atoms with Crippen LogP contribution < -0.4 is 10.1 Å². The van der Waals surface area contributed by atoms with Crippen molar-refractivity contribution in [3.8, 4) is 5.75 Å². The van der Waals surface area contributed by atoms with Crippen LogP contribution in [0, 0.1) is 0 Å². The van der Waals surface area contributed by atoms with E-state index in [0.29, 0.717) is 53.7 Å². The topological polar surface area (TPSA) is 114 Å². The molecule has 0 bridgehead atoms. The Hall–Kier alpha value is -3.46. The molecule has 4 rings (SSSR count). The summed E-state index contributed by atoms with van der Waals surface area (Å²) in [7, 11) is 1.53. The summed E-state index contributed by atoms with van der Waals surface area (Å²) in [5, 5.41) is 10.9. The lowest BCUT2D eigenvalue weighted by atomic mass is 9.97. The van der Waals surface area contributed by atoms with E-state index in [2.05, 4.69) is 25.5 Å². The zero-order chi connectivity index (χ0) is 23.2. The molecule has 1 unspecified atom stereocenters. The van der Waals surface area contributed by atoms with E-state index in [1.54, 1.807) is 18.3 Å². The van der Waals surface area contributed by atoms with Crippen LogP contribution in [-0.4, -0.2) is 52.5 Å². The first-order chi connectivity index (χ1) is 16.1. The summed E-state index contributed by atoms with van der Waals surface area (Å²) in [5.74, 6) is 1.52. The lowest BCUT2D eigenvalue weighted by Gasteiger charge is -2.20. The minimum Gasteiger partial charge on any atom is -0.493 e. The molecule has 0 saturated carbocycles. The number of nitrogens with zero attached hydrogens (tertiary/aromatic N) is 4. The fourth-order valence-corrected chi connectivity index (χ4v) is 4.00. The summed E-state index contributed by atoms with van der Waals surface area (Å²) in [6.45, 7) is 2.96. The fourth-order valence-electron chi connectivity index (χ4n) is 3.68. The Morgan fingerprint density at radius 3 is 2.97 bits per heavy atom. The fraction of sp³-hybridized carbons (Fsp3) is 0.348. The van der Waals surface area contributed by atoms with Crippen molar-refractivity contribution in [2.45, 2.75) is 32.1 Å². The summed E-state index contributed by atoms with van der Waals surface area (Å²) >= 11 is 6.54. The van der Waals surface area contributed by atoms with Crippen molar-refractivity contribution in [3.63, 3.8) is 0 Å². The Labute approximate surface area is 196 Å². The number of fused-ring (bicyclic) bond motifs is 1. The molecule has 172 valence electrons. The summed E-state index contributed by atoms with van der Waals surface area (Å²) in [4.78, 5) is 25.8. The number of amides is 1. The first kappa shape index (κ1) is 22.7. The number of carbonyl (C=O) groups excluding carboxylic acids is 1. The second-order valence-corrected chi connectivity index (χ2v) is 7.87. The highest BCUT2D eigenvalue weighted by molar-refractivity contribution is 6.30. The lowest BCUT2D eigenvalue weighted by Crippen LogP contribution is -2.24. The maximum atomic E-state index is 12.7. The summed E-state index contributed by atoms with van der Waals surface area (Å²) in [5.41, 5.74) is 1.93. The van der Waals surface area contributed by atoms with E-state index in [1.807, 2.05) is 19.1 Å². The van der Waals surface area contributed by atoms with E-state index in [-0.39, 0.29) is 11.8 Å². The number of aromatic amines is 1. The number of ether oxygens (including phenoxy) is 2. The minimum absolute atomic E-state index is 0.163. The molecule has 1 amide bonds. The average Bonchev–Trinajstić information content (AvgIpc) is 3.35. The number of hydrogen-bond donors (Lipinski definition) is 2. The SMILES string of the molecule is CCOc1cc(C2CC=NC(OC)=C2Cl)nc2cc(C(=O)NCCCc3ncn[nH]3)ccc12. The highest BCUT2D eigenvalue weighted by atomic mass is 35.5. The third kappa shape index (κ3) is 5.14. The number of allylic oxidation sites excluding steroid dienone is 1. The van der Waals surface area contributed by atoms with Crippen molar-refractivity contribution < 1.29 is 14.3 Å². The third-order valence-electron chi connectivity index (χ3n) is 5.30. The monoisotopic (exact) mass is 468 g/mol. The number of H-pyrrole nitrogens is 1. The second-order valence-electron chi connectivity index (χ2n) is 7.46. The maximum absolute atomic E-state index is 12.7. The predicted octanol–water partition coefficient (Wildman–Crippen LogP) is 3.73. The number of nitrogens with one attached hydrogen (secondary N) is 2. The molecular weight excluding hydrogens is 444 g/mol. The van der Waals surface area contributed by atoms with Gasteiger partial charge in [-0.3, -0.25) is 14.9 Å². The normalized spacial score (nSPS) is 15.7. The zero-order valence-corrected chi connectivity index (χ0v) is 19.2. The summed E-state index contributed by atoms with van der Waals surface area (Å²) in [6.07, 6.45) is 5.30. The van der Waals surface area contributed by atoms with Crippen LogP contribution in [0.15, 0.2) is 46.5 Å². The predicted molar refractivity (Wildman–Crippen MR) is 126 cm³/mol. The molecule has 0 radical (unpaired) electrons. The van der Waals surface area contributed by atoms with Gasteiger partial charge in [0, 0.05) is 42.1 Å². The quantitative estimate of drug-likeness (QED) is 0.462. The molecular formula is C23H25ClN6O3. The number of methoxy groups -OCH3 is 1. The maximum Gasteiger partial charge on any atom is 0.251 e. The molecule has 0 fully saturated rings. The number of aromatic nitrogens is 4. The Morgan fingerprint density at radius 2 is 2.21 bits per heavy atom. The number of rotatable bonds is 9. The molecule has 1 atom stereocenters. The molecule has 1 aliphatic heterocycles. The molecule has 2 N–H and O–H groups in total. The van der Waals surface area contributed by atoms with Gasteiger partial charge in [-0.15, -0.1) is 0 Å². The van der Waals surface area contributed by atoms with E-state index in [1.165, 1.54) is 13.4 Å². The molecule has 33 heavy (non-hydrogen) atoms. The van der Waals surface area contributed by atoms with Gasteiger partial charge in [-0.25, -0.2) is 9.98 Å². The van der Waals surface area contributed by atoms with Gasteiger partial charge in [-0.1, -0.05) is 11.6 Å². The number of hydrogen-bond acceptors (Lipinski definition) is 7. The Balaban J connectivity index is 1.57. The molecule has 0 saturated heterocycles. The van der Waals surface area contributed by atoms with Crippen molar-refractivity contribution in [2.75, 3.05) is 20.3 Å². The first-order valence-electron chi connectivity index (χ1n) is 10.8. The van der Waals surface area contributed by atoms with Crippen LogP contribution in [0.5, 0.6) is 5.75 Å². The smallest absolute Gasteiger partial charge is 0.251 e. The van der Waals surface area contributed by atoms with Crippen LogP contribution in [0.4, 0.5) is 0 Å². The summed E-state index contributed by atoms with van der Waals surface area (Å²) < 4.78 is 11.1. The number of pyridine rings is 1. The third-order valence-corrected chi connectivity index (χ3v) is 5.73. The van der Waals surface area contributed by atoms with Crippen LogP contribution in [0.25, 0.3) is 10.9 Å². The van der Waals surface area contributed by atoms with Crippen molar-refractivity contribution in [3.05, 3.63) is 58.6 Å². The van der Waals surface area contributed by atoms with Gasteiger partial charge >= 0.3 is 0 Å². The van der Waals surface area contributed by atoms with Crippen molar-refractivity contribution >= 4 is 34.6 Å². The average molecular weight is 469 g/mol. The van der Waals surface area contributed by atoms with Gasteiger partial charge in [0.15, 0.2) is 0 Å². The van der Waals surface area contributed by atoms with E-state index in [0.717, 1.165) is 23.3 Å². The molecule has 1 aromatic carbocycles. The van der Waals surface area contributed by atoms with Gasteiger partial charge in [0.1, 0.15) is 17.9 Å². The minimum atomic E-state index is -0.198. The molecule has 3 aromatic rings. The number of carbonyl (C=O) groups is 1. The first-order valence-corrected chi connectivity index (χ1v) is 11.1. The lowest BCUT2D eigenvalue weighted by molar-refractivity contribution is 0.0953. The van der Waals surface area contributed by atoms with E-state index < -0.39 is 0 Å². The van der Waals surface area contributed by atoms with Crippen LogP contribution in [0.2, 0.25) is 0 Å². The number of benzene rings is 1. The standard InChI is InChI=1S/C23H25ClN6O3/c1-3-33-19-12-18(16-8-10-26-23(32-2)21(16)24)29-17-11-14(6-7-15(17)19)22(31)25-9-4-5-20-27-13-28-30-20/h6-7,10-13,16H,3-5,8-9H2,1-2H3,(H,25,31)(H,27,28,30). The van der Waals surface area contributed by atoms with E-state index in [9.17, 15) is 4.79 Å². The highest BCUT2D eigenvalue weighted by Gasteiger charge is 2.25. The van der Waals surface area contributed by atoms with Gasteiger partial charge < -0.3 is 14.8 Å². The zero-order valence-electron chi connectivity index (χ0n) is 18.5. The van der Waals surface area contributed by atoms with Crippen LogP contribution in [-0.2, 0) is 11.2 Å². The second kappa shape index (κ2) is 10.4. The highest BCUT2D eigenvalue weighted by Crippen LogP contribution is 2.38. The van der Waals surface area contributed by atoms with Gasteiger partial charge in [-0.2, -0.15) is 5.10 Å². The number of halogens is 1. The molecule has 10 heteroatoms. The van der Waals surface area contributed by atoms with E-state index >= 15 is 0 Å². The molecule has 0 aliphatic carbocycles. The Bertz CT molecular complexity index is 1190. The van der Waals surface area contributed by atoms with Crippen LogP contribution in [0.3, 0.4) is 0 Å². The molecule has 9 nitrogen and oxygen atoms in total. The largest absolute Gasteiger partial charge is 0.493 e. The molecule has 0 spiro atoms. The van der Waals surface area contributed by atoms with Gasteiger partial charge in [-0.05, 0) is 38.0 Å². The van der Waals surface area contributed by atoms with Gasteiger partial charge in [0.05, 0.1) is 30.0 Å². The number of aliphatic imine (C=N–C) groups is 1. The number of aryl methyl sites for hydroxylation is 1. The van der Waals surface area contributed by atoms with Gasteiger partial charge in [0.2, 0.25) is 5.88 Å². The Kier molecular flexibility index (Phi) is 7.19. The molecule has 3 heterocycles. The van der Waals surface area contributed by atoms with Gasteiger partial charge in [0.25, 0.3) is 5.91 Å². The van der Waals surface area contributed by atoms with Crippen LogP contribution in [0.1, 0.15) is 47.6 Å². The van der Waals surface area contributed by atoms with Crippen molar-refractivity contribution in [1.82, 2.24) is 25.5 Å². The molecule has 1 aliphatic rings. The summed E-state index contributed by atoms with van der Waals surface area (Å²) in [6, 6.07) is 7.32. The molecule has 2 aromatic heterocycles. The van der Waals surface area contributed by atoms with Crippen LogP contribution >= 0.6 is 11.6 Å².